The van der Waals surface area contributed by atoms with Crippen molar-refractivity contribution in [1.29, 1.82) is 0 Å². The summed E-state index contributed by atoms with van der Waals surface area (Å²) in [7, 11) is 1.67. The lowest BCUT2D eigenvalue weighted by molar-refractivity contribution is -0.138. The van der Waals surface area contributed by atoms with Crippen molar-refractivity contribution < 1.29 is 71.5 Å². The molecule has 0 radical (unpaired) electrons. The smallest absolute Gasteiger partial charge is 0.305 e. The largest absolute Gasteiger partial charge is 0.497 e. The molecule has 0 bridgehead atoms. The number of carboxylic acids is 1. The lowest BCUT2D eigenvalue weighted by Crippen LogP contribution is -2.46. The van der Waals surface area contributed by atoms with Gasteiger partial charge in [0.2, 0.25) is 0 Å². The predicted molar refractivity (Wildman–Crippen MR) is 243 cm³/mol. The van der Waals surface area contributed by atoms with Crippen molar-refractivity contribution in [3.63, 3.8) is 0 Å². The number of aliphatic carboxylic acids is 1. The van der Waals surface area contributed by atoms with E-state index in [1.54, 1.807) is 13.2 Å². The van der Waals surface area contributed by atoms with Crippen LogP contribution in [0.5, 0.6) is 5.75 Å². The van der Waals surface area contributed by atoms with Crippen LogP contribution in [0.15, 0.2) is 91.1 Å². The molecule has 64 heavy (non-hydrogen) atoms. The van der Waals surface area contributed by atoms with Crippen molar-refractivity contribution in [1.82, 2.24) is 5.32 Å². The van der Waals surface area contributed by atoms with Gasteiger partial charge in [0, 0.05) is 6.54 Å². The Morgan fingerprint density at radius 2 is 0.875 bits per heavy atom. The maximum Gasteiger partial charge on any atom is 0.305 e. The van der Waals surface area contributed by atoms with Gasteiger partial charge in [-0.1, -0.05) is 73.3 Å². The lowest BCUT2D eigenvalue weighted by atomic mass is 9.76. The van der Waals surface area contributed by atoms with Crippen molar-refractivity contribution in [3.05, 3.63) is 102 Å². The first-order chi connectivity index (χ1) is 31.6. The van der Waals surface area contributed by atoms with Crippen LogP contribution in [0.3, 0.4) is 0 Å². The molecule has 0 saturated heterocycles. The van der Waals surface area contributed by atoms with Crippen LogP contribution in [0.1, 0.15) is 24.5 Å². The van der Waals surface area contributed by atoms with Gasteiger partial charge < -0.3 is 66.7 Å². The van der Waals surface area contributed by atoms with Crippen molar-refractivity contribution in [2.75, 3.05) is 172 Å². The molecular formula is C48H75NO15. The van der Waals surface area contributed by atoms with Crippen LogP contribution in [0.2, 0.25) is 0 Å². The zero-order valence-electron chi connectivity index (χ0n) is 38.3. The van der Waals surface area contributed by atoms with Gasteiger partial charge in [-0.2, -0.15) is 0 Å². The number of benzene rings is 2. The molecule has 0 aliphatic carbocycles. The molecule has 16 nitrogen and oxygen atoms in total. The number of allylic oxidation sites excluding steroid dienone is 3. The molecule has 0 heterocycles. The quantitative estimate of drug-likeness (QED) is 0.0680. The highest BCUT2D eigenvalue weighted by atomic mass is 16.6. The molecule has 0 fully saturated rings. The number of ether oxygens (including phenoxy) is 13. The second-order valence-electron chi connectivity index (χ2n) is 13.6. The first-order valence-corrected chi connectivity index (χ1v) is 22.1. The van der Waals surface area contributed by atoms with E-state index >= 15 is 0 Å². The Labute approximate surface area is 381 Å². The van der Waals surface area contributed by atoms with Crippen LogP contribution in [0.25, 0.3) is 0 Å². The molecule has 0 spiro atoms. The van der Waals surface area contributed by atoms with Crippen molar-refractivity contribution in [2.24, 2.45) is 0 Å². The van der Waals surface area contributed by atoms with Crippen LogP contribution in [-0.4, -0.2) is 183 Å². The van der Waals surface area contributed by atoms with Crippen LogP contribution >= 0.6 is 0 Å². The fourth-order valence-corrected chi connectivity index (χ4v) is 5.94. The fourth-order valence-electron chi connectivity index (χ4n) is 5.94. The number of methoxy groups -OCH3 is 1. The summed E-state index contributed by atoms with van der Waals surface area (Å²) in [6.45, 7) is 17.5. The normalized spacial score (nSPS) is 12.8. The monoisotopic (exact) mass is 906 g/mol. The van der Waals surface area contributed by atoms with E-state index in [-0.39, 0.29) is 13.0 Å². The average Bonchev–Trinajstić information content (AvgIpc) is 3.32. The number of hydrogen-bond donors (Lipinski definition) is 2. The van der Waals surface area contributed by atoms with Gasteiger partial charge in [-0.15, -0.1) is 0 Å². The van der Waals surface area contributed by atoms with Crippen LogP contribution in [-0.2, 0) is 67.2 Å². The molecule has 362 valence electrons. The zero-order chi connectivity index (χ0) is 45.9. The van der Waals surface area contributed by atoms with E-state index in [0.717, 1.165) is 22.4 Å². The van der Waals surface area contributed by atoms with Gasteiger partial charge in [-0.3, -0.25) is 10.1 Å². The second kappa shape index (κ2) is 40.9. The fraction of sp³-hybridized carbons (Fsp3) is 0.604. The molecule has 2 aromatic rings. The Bertz CT molecular complexity index is 1450. The SMILES string of the molecule is C=C/C=C\C(=C/C)[C@@](NCCOCCOCCOCCOCCOCCOCCOCCOCCOCCOCCOCCOCCC(=O)O)(c1ccccc1)c1ccc(OC)cc1. The molecule has 0 aromatic heterocycles. The van der Waals surface area contributed by atoms with Gasteiger partial charge in [0.05, 0.1) is 178 Å². The van der Waals surface area contributed by atoms with E-state index in [2.05, 4.69) is 60.4 Å². The highest BCUT2D eigenvalue weighted by Crippen LogP contribution is 2.38. The molecule has 0 saturated carbocycles. The maximum absolute atomic E-state index is 10.4. The standard InChI is InChI=1S/C48H75NO15/c1-4-6-10-43(5-2)48(44-11-8-7-9-12-44,45-13-15-46(52-3)16-14-45)49-18-20-54-22-24-56-26-28-58-30-32-60-34-36-62-38-40-64-42-41-63-39-37-61-35-33-59-31-29-57-27-25-55-23-21-53-19-17-47(50)51/h4-16,49H,1,17-42H2,2-3H3,(H,50,51)/b10-6-,43-5+/t48-/m1/s1. The van der Waals surface area contributed by atoms with E-state index in [9.17, 15) is 4.79 Å². The highest BCUT2D eigenvalue weighted by molar-refractivity contribution is 5.66. The summed E-state index contributed by atoms with van der Waals surface area (Å²) in [4.78, 5) is 10.4. The summed E-state index contributed by atoms with van der Waals surface area (Å²) in [6, 6.07) is 18.6. The first-order valence-electron chi connectivity index (χ1n) is 22.1. The van der Waals surface area contributed by atoms with Gasteiger partial charge in [0.15, 0.2) is 0 Å². The minimum Gasteiger partial charge on any atom is -0.497 e. The number of carboxylic acid groups (broad SMARTS) is 1. The van der Waals surface area contributed by atoms with Crippen LogP contribution < -0.4 is 10.1 Å². The lowest BCUT2D eigenvalue weighted by Gasteiger charge is -2.38. The number of carbonyl (C=O) groups is 1. The maximum atomic E-state index is 10.4. The molecule has 0 unspecified atom stereocenters. The summed E-state index contributed by atoms with van der Waals surface area (Å²) in [5.41, 5.74) is 2.66. The van der Waals surface area contributed by atoms with Crippen LogP contribution in [0, 0.1) is 0 Å². The van der Waals surface area contributed by atoms with E-state index in [1.807, 2.05) is 31.2 Å². The summed E-state index contributed by atoms with van der Waals surface area (Å²) in [5.74, 6) is -0.0780. The number of rotatable bonds is 46. The number of nitrogens with one attached hydrogen (secondary N) is 1. The molecule has 1 atom stereocenters. The molecule has 0 amide bonds. The summed E-state index contributed by atoms with van der Waals surface area (Å²) >= 11 is 0. The molecule has 2 aromatic carbocycles. The van der Waals surface area contributed by atoms with E-state index < -0.39 is 11.5 Å². The van der Waals surface area contributed by atoms with E-state index in [1.165, 1.54) is 0 Å². The molecule has 16 heteroatoms. The third-order valence-corrected chi connectivity index (χ3v) is 9.07. The van der Waals surface area contributed by atoms with Gasteiger partial charge in [0.1, 0.15) is 5.75 Å². The predicted octanol–water partition coefficient (Wildman–Crippen LogP) is 4.89. The first kappa shape index (κ1) is 56.5. The van der Waals surface area contributed by atoms with Crippen molar-refractivity contribution in [2.45, 2.75) is 18.9 Å². The topological polar surface area (TPSA) is 169 Å². The Morgan fingerprint density at radius 3 is 1.20 bits per heavy atom. The molecule has 0 aliphatic rings. The minimum atomic E-state index is -0.877. The van der Waals surface area contributed by atoms with E-state index in [0.29, 0.717) is 159 Å². The zero-order valence-corrected chi connectivity index (χ0v) is 38.3. The van der Waals surface area contributed by atoms with Gasteiger partial charge in [0.25, 0.3) is 0 Å². The molecule has 2 rings (SSSR count). The molecular weight excluding hydrogens is 831 g/mol. The summed E-state index contributed by atoms with van der Waals surface area (Å²) in [6.07, 6.45) is 7.95. The van der Waals surface area contributed by atoms with Crippen molar-refractivity contribution >= 4 is 5.97 Å². The average molecular weight is 906 g/mol. The number of hydrogen-bond acceptors (Lipinski definition) is 15. The minimum absolute atomic E-state index is 0.00724. The molecule has 0 aliphatic heterocycles. The summed E-state index contributed by atoms with van der Waals surface area (Å²) in [5, 5.41) is 12.3. The highest BCUT2D eigenvalue weighted by Gasteiger charge is 2.36. The van der Waals surface area contributed by atoms with Gasteiger partial charge >= 0.3 is 5.97 Å². The molecule has 2 N–H and O–H groups in total. The van der Waals surface area contributed by atoms with E-state index in [4.69, 9.17) is 66.7 Å². The van der Waals surface area contributed by atoms with Crippen molar-refractivity contribution in [3.8, 4) is 5.75 Å². The Balaban J connectivity index is 1.35. The Hall–Kier alpha value is -3.59. The Morgan fingerprint density at radius 1 is 0.531 bits per heavy atom. The van der Waals surface area contributed by atoms with Gasteiger partial charge in [-0.25, -0.2) is 0 Å². The summed E-state index contributed by atoms with van der Waals surface area (Å²) < 4.78 is 71.6. The Kier molecular flexibility index (Phi) is 36.1. The second-order valence-corrected chi connectivity index (χ2v) is 13.6. The van der Waals surface area contributed by atoms with Crippen LogP contribution in [0.4, 0.5) is 0 Å². The third-order valence-electron chi connectivity index (χ3n) is 9.07. The van der Waals surface area contributed by atoms with Gasteiger partial charge in [-0.05, 0) is 35.8 Å². The third kappa shape index (κ3) is 27.7.